The predicted octanol–water partition coefficient (Wildman–Crippen LogP) is 3.72. The molecule has 4 heteroatoms. The van der Waals surface area contributed by atoms with Gasteiger partial charge in [-0.1, -0.05) is 6.07 Å². The molecule has 0 bridgehead atoms. The third-order valence-corrected chi connectivity index (χ3v) is 4.33. The molecule has 0 aromatic carbocycles. The lowest BCUT2D eigenvalue weighted by Crippen LogP contribution is -2.18. The molecule has 1 atom stereocenters. The Balaban J connectivity index is 2.16. The van der Waals surface area contributed by atoms with E-state index >= 15 is 0 Å². The lowest BCUT2D eigenvalue weighted by atomic mass is 10.0. The molecule has 90 valence electrons. The van der Waals surface area contributed by atoms with Gasteiger partial charge in [-0.05, 0) is 53.2 Å². The van der Waals surface area contributed by atoms with Crippen molar-refractivity contribution in [2.24, 2.45) is 0 Å². The second-order valence-electron chi connectivity index (χ2n) is 4.05. The number of halogens is 1. The van der Waals surface area contributed by atoms with Crippen molar-refractivity contribution < 1.29 is 0 Å². The second kappa shape index (κ2) is 5.76. The summed E-state index contributed by atoms with van der Waals surface area (Å²) in [5.41, 5.74) is 2.45. The van der Waals surface area contributed by atoms with Crippen molar-refractivity contribution in [3.63, 3.8) is 0 Å². The van der Waals surface area contributed by atoms with Crippen LogP contribution >= 0.6 is 27.3 Å². The van der Waals surface area contributed by atoms with E-state index in [0.717, 1.165) is 6.42 Å². The van der Waals surface area contributed by atoms with Crippen molar-refractivity contribution in [3.05, 3.63) is 50.4 Å². The molecule has 2 aromatic heterocycles. The number of thiophene rings is 1. The first-order valence-electron chi connectivity index (χ1n) is 5.52. The van der Waals surface area contributed by atoms with Gasteiger partial charge in [-0.3, -0.25) is 4.98 Å². The maximum Gasteiger partial charge on any atom is 0.0701 e. The van der Waals surface area contributed by atoms with E-state index in [1.54, 1.807) is 11.3 Å². The van der Waals surface area contributed by atoms with Crippen LogP contribution in [0.15, 0.2) is 34.4 Å². The zero-order valence-electron chi connectivity index (χ0n) is 9.90. The molecular formula is C13H15BrN2S. The Kier molecular flexibility index (Phi) is 4.31. The van der Waals surface area contributed by atoms with Crippen molar-refractivity contribution in [2.75, 3.05) is 7.05 Å². The Hall–Kier alpha value is -0.710. The zero-order valence-corrected chi connectivity index (χ0v) is 12.3. The van der Waals surface area contributed by atoms with Gasteiger partial charge in [0.15, 0.2) is 0 Å². The van der Waals surface area contributed by atoms with Crippen LogP contribution in [0.25, 0.3) is 0 Å². The molecule has 0 aliphatic rings. The fourth-order valence-electron chi connectivity index (χ4n) is 1.82. The molecule has 0 aliphatic carbocycles. The average Bonchev–Trinajstić information content (AvgIpc) is 2.72. The maximum atomic E-state index is 4.25. The monoisotopic (exact) mass is 310 g/mol. The number of pyridine rings is 1. The third kappa shape index (κ3) is 3.37. The van der Waals surface area contributed by atoms with Crippen molar-refractivity contribution in [2.45, 2.75) is 19.4 Å². The van der Waals surface area contributed by atoms with E-state index in [9.17, 15) is 0 Å². The van der Waals surface area contributed by atoms with E-state index in [4.69, 9.17) is 0 Å². The van der Waals surface area contributed by atoms with Gasteiger partial charge in [0.05, 0.1) is 3.79 Å². The molecule has 0 spiro atoms. The minimum absolute atomic E-state index is 0.327. The number of rotatable bonds is 4. The van der Waals surface area contributed by atoms with E-state index in [1.165, 1.54) is 19.8 Å². The fourth-order valence-corrected chi connectivity index (χ4v) is 3.35. The van der Waals surface area contributed by atoms with E-state index in [1.807, 2.05) is 19.4 Å². The highest BCUT2D eigenvalue weighted by atomic mass is 79.9. The van der Waals surface area contributed by atoms with Gasteiger partial charge in [-0.15, -0.1) is 11.3 Å². The summed E-state index contributed by atoms with van der Waals surface area (Å²) in [6.45, 7) is 2.07. The Morgan fingerprint density at radius 3 is 2.82 bits per heavy atom. The van der Waals surface area contributed by atoms with Gasteiger partial charge in [0, 0.05) is 29.7 Å². The van der Waals surface area contributed by atoms with Crippen LogP contribution in [0.1, 0.15) is 22.0 Å². The molecular weight excluding hydrogens is 296 g/mol. The Bertz CT molecular complexity index is 496. The first kappa shape index (κ1) is 12.7. The molecule has 2 rings (SSSR count). The normalized spacial score (nSPS) is 12.6. The van der Waals surface area contributed by atoms with Crippen LogP contribution in [-0.2, 0) is 6.42 Å². The standard InChI is InChI=1S/C13H15BrN2S/c1-9-5-10(8-16-7-9)12(15-2)6-11-3-4-13(14)17-11/h3-5,7-8,12,15H,6H2,1-2H3. The number of aryl methyl sites for hydroxylation is 1. The van der Waals surface area contributed by atoms with E-state index in [-0.39, 0.29) is 0 Å². The lowest BCUT2D eigenvalue weighted by Gasteiger charge is -2.15. The largest absolute Gasteiger partial charge is 0.313 e. The summed E-state index contributed by atoms with van der Waals surface area (Å²) < 4.78 is 1.18. The van der Waals surface area contributed by atoms with Crippen LogP contribution < -0.4 is 5.32 Å². The summed E-state index contributed by atoms with van der Waals surface area (Å²) in [5.74, 6) is 0. The Morgan fingerprint density at radius 1 is 1.41 bits per heavy atom. The molecule has 0 aliphatic heterocycles. The molecule has 17 heavy (non-hydrogen) atoms. The molecule has 0 amide bonds. The average molecular weight is 311 g/mol. The molecule has 0 saturated heterocycles. The van der Waals surface area contributed by atoms with Gasteiger partial charge in [-0.25, -0.2) is 0 Å². The fraction of sp³-hybridized carbons (Fsp3) is 0.308. The first-order valence-corrected chi connectivity index (χ1v) is 7.13. The van der Waals surface area contributed by atoms with Crippen molar-refractivity contribution in [1.29, 1.82) is 0 Å². The van der Waals surface area contributed by atoms with Crippen LogP contribution in [-0.4, -0.2) is 12.0 Å². The van der Waals surface area contributed by atoms with E-state index in [2.05, 4.69) is 51.4 Å². The number of likely N-dealkylation sites (N-methyl/N-ethyl adjacent to an activating group) is 1. The van der Waals surface area contributed by atoms with Crippen LogP contribution in [0.4, 0.5) is 0 Å². The topological polar surface area (TPSA) is 24.9 Å². The van der Waals surface area contributed by atoms with E-state index in [0.29, 0.717) is 6.04 Å². The predicted molar refractivity (Wildman–Crippen MR) is 76.5 cm³/mol. The summed E-state index contributed by atoms with van der Waals surface area (Å²) >= 11 is 5.28. The number of nitrogens with one attached hydrogen (secondary N) is 1. The highest BCUT2D eigenvalue weighted by Gasteiger charge is 2.11. The smallest absolute Gasteiger partial charge is 0.0701 e. The summed E-state index contributed by atoms with van der Waals surface area (Å²) in [5, 5.41) is 3.35. The molecule has 2 aromatic rings. The molecule has 0 fully saturated rings. The van der Waals surface area contributed by atoms with Crippen molar-refractivity contribution in [1.82, 2.24) is 10.3 Å². The maximum absolute atomic E-state index is 4.25. The minimum Gasteiger partial charge on any atom is -0.313 e. The lowest BCUT2D eigenvalue weighted by molar-refractivity contribution is 0.594. The summed E-state index contributed by atoms with van der Waals surface area (Å²) in [6, 6.07) is 6.79. The van der Waals surface area contributed by atoms with Crippen LogP contribution in [0.5, 0.6) is 0 Å². The highest BCUT2D eigenvalue weighted by Crippen LogP contribution is 2.26. The van der Waals surface area contributed by atoms with Gasteiger partial charge >= 0.3 is 0 Å². The van der Waals surface area contributed by atoms with Crippen LogP contribution in [0.2, 0.25) is 0 Å². The summed E-state index contributed by atoms with van der Waals surface area (Å²) in [7, 11) is 2.00. The number of hydrogen-bond donors (Lipinski definition) is 1. The van der Waals surface area contributed by atoms with Gasteiger partial charge in [0.2, 0.25) is 0 Å². The molecule has 1 N–H and O–H groups in total. The first-order chi connectivity index (χ1) is 8.19. The van der Waals surface area contributed by atoms with Gasteiger partial charge in [-0.2, -0.15) is 0 Å². The van der Waals surface area contributed by atoms with E-state index < -0.39 is 0 Å². The number of nitrogens with zero attached hydrogens (tertiary/aromatic N) is 1. The Morgan fingerprint density at radius 2 is 2.24 bits per heavy atom. The van der Waals surface area contributed by atoms with Gasteiger partial charge in [0.1, 0.15) is 0 Å². The van der Waals surface area contributed by atoms with Gasteiger partial charge in [0.25, 0.3) is 0 Å². The zero-order chi connectivity index (χ0) is 12.3. The van der Waals surface area contributed by atoms with Crippen molar-refractivity contribution >= 4 is 27.3 Å². The SMILES string of the molecule is CNC(Cc1ccc(Br)s1)c1cncc(C)c1. The quantitative estimate of drug-likeness (QED) is 0.931. The summed E-state index contributed by atoms with van der Waals surface area (Å²) in [6.07, 6.45) is 4.83. The molecule has 1 unspecified atom stereocenters. The molecule has 0 saturated carbocycles. The highest BCUT2D eigenvalue weighted by molar-refractivity contribution is 9.11. The Labute approximate surface area is 114 Å². The van der Waals surface area contributed by atoms with Crippen LogP contribution in [0, 0.1) is 6.92 Å². The second-order valence-corrected chi connectivity index (χ2v) is 6.59. The number of aromatic nitrogens is 1. The minimum atomic E-state index is 0.327. The molecule has 2 heterocycles. The van der Waals surface area contributed by atoms with Crippen LogP contribution in [0.3, 0.4) is 0 Å². The van der Waals surface area contributed by atoms with Crippen molar-refractivity contribution in [3.8, 4) is 0 Å². The molecule has 2 nitrogen and oxygen atoms in total. The third-order valence-electron chi connectivity index (χ3n) is 2.68. The number of hydrogen-bond acceptors (Lipinski definition) is 3. The van der Waals surface area contributed by atoms with Gasteiger partial charge < -0.3 is 5.32 Å². The molecule has 0 radical (unpaired) electrons. The summed E-state index contributed by atoms with van der Waals surface area (Å²) in [4.78, 5) is 5.63.